The summed E-state index contributed by atoms with van der Waals surface area (Å²) >= 11 is 5.32. The molecule has 0 radical (unpaired) electrons. The summed E-state index contributed by atoms with van der Waals surface area (Å²) in [5.74, 6) is 1.51. The Morgan fingerprint density at radius 3 is 3.04 bits per heavy atom. The fraction of sp³-hybridized carbons (Fsp3) is 0.474. The van der Waals surface area contributed by atoms with Crippen molar-refractivity contribution in [3.05, 3.63) is 44.8 Å². The van der Waals surface area contributed by atoms with Crippen LogP contribution in [0.4, 0.5) is 5.69 Å². The topological polar surface area (TPSA) is 52.6 Å². The summed E-state index contributed by atoms with van der Waals surface area (Å²) in [6.07, 6.45) is 4.07. The molecule has 0 bridgehead atoms. The maximum Gasteiger partial charge on any atom is 0.191 e. The Hall–Kier alpha value is -1.60. The molecule has 26 heavy (non-hydrogen) atoms. The molecule has 3 rings (SSSR count). The number of aromatic nitrogens is 1. The minimum atomic E-state index is 0.633. The standard InChI is InChI=1S/C19H26BrN5S/c1-14-11-23-18(26-14)6-8-22-19(21-2)24-12-15-7-9-25(13-15)17-5-3-4-16(20)10-17/h3-5,10-11,15H,6-9,12-13H2,1-2H3,(H2,21,22,24). The number of nitrogens with zero attached hydrogens (tertiary/aromatic N) is 3. The van der Waals surface area contributed by atoms with Gasteiger partial charge < -0.3 is 15.5 Å². The highest BCUT2D eigenvalue weighted by Crippen LogP contribution is 2.25. The maximum atomic E-state index is 4.40. The molecule has 2 heterocycles. The van der Waals surface area contributed by atoms with Crippen molar-refractivity contribution in [2.24, 2.45) is 10.9 Å². The summed E-state index contributed by atoms with van der Waals surface area (Å²) in [7, 11) is 1.82. The van der Waals surface area contributed by atoms with Crippen LogP contribution in [-0.2, 0) is 6.42 Å². The summed E-state index contributed by atoms with van der Waals surface area (Å²) in [6.45, 7) is 6.08. The van der Waals surface area contributed by atoms with Crippen molar-refractivity contribution in [2.45, 2.75) is 19.8 Å². The second kappa shape index (κ2) is 9.37. The molecule has 1 aromatic carbocycles. The van der Waals surface area contributed by atoms with E-state index in [9.17, 15) is 0 Å². The molecule has 1 aliphatic rings. The van der Waals surface area contributed by atoms with Crippen LogP contribution in [0.3, 0.4) is 0 Å². The van der Waals surface area contributed by atoms with E-state index in [1.807, 2.05) is 13.2 Å². The highest BCUT2D eigenvalue weighted by atomic mass is 79.9. The van der Waals surface area contributed by atoms with Gasteiger partial charge in [-0.25, -0.2) is 4.98 Å². The van der Waals surface area contributed by atoms with Crippen molar-refractivity contribution in [3.8, 4) is 0 Å². The lowest BCUT2D eigenvalue weighted by Gasteiger charge is -2.19. The number of hydrogen-bond donors (Lipinski definition) is 2. The number of aliphatic imine (C=N–C) groups is 1. The van der Waals surface area contributed by atoms with Crippen LogP contribution >= 0.6 is 27.3 Å². The van der Waals surface area contributed by atoms with E-state index in [0.717, 1.165) is 43.0 Å². The molecular weight excluding hydrogens is 410 g/mol. The minimum Gasteiger partial charge on any atom is -0.371 e. The van der Waals surface area contributed by atoms with E-state index in [2.05, 4.69) is 72.6 Å². The predicted octanol–water partition coefficient (Wildman–Crippen LogP) is 3.45. The summed E-state index contributed by atoms with van der Waals surface area (Å²) in [5, 5.41) is 8.03. The van der Waals surface area contributed by atoms with Crippen molar-refractivity contribution < 1.29 is 0 Å². The fourth-order valence-electron chi connectivity index (χ4n) is 3.17. The molecule has 140 valence electrons. The van der Waals surface area contributed by atoms with Crippen molar-refractivity contribution in [1.29, 1.82) is 0 Å². The zero-order valence-corrected chi connectivity index (χ0v) is 17.7. The van der Waals surface area contributed by atoms with E-state index in [-0.39, 0.29) is 0 Å². The Bertz CT molecular complexity index is 745. The lowest BCUT2D eigenvalue weighted by atomic mass is 10.1. The van der Waals surface area contributed by atoms with E-state index in [1.54, 1.807) is 11.3 Å². The SMILES string of the molecule is CN=C(NCCc1ncc(C)s1)NCC1CCN(c2cccc(Br)c2)C1. The Balaban J connectivity index is 1.40. The first-order chi connectivity index (χ1) is 12.6. The van der Waals surface area contributed by atoms with E-state index in [1.165, 1.54) is 22.0 Å². The van der Waals surface area contributed by atoms with Crippen LogP contribution in [0.2, 0.25) is 0 Å². The van der Waals surface area contributed by atoms with Gasteiger partial charge in [-0.1, -0.05) is 22.0 Å². The first-order valence-corrected chi connectivity index (χ1v) is 10.6. The molecule has 1 aromatic heterocycles. The van der Waals surface area contributed by atoms with Crippen molar-refractivity contribution in [2.75, 3.05) is 38.1 Å². The quantitative estimate of drug-likeness (QED) is 0.538. The van der Waals surface area contributed by atoms with Crippen molar-refractivity contribution in [3.63, 3.8) is 0 Å². The van der Waals surface area contributed by atoms with Gasteiger partial charge in [0.15, 0.2) is 5.96 Å². The Labute approximate surface area is 168 Å². The minimum absolute atomic E-state index is 0.633. The third kappa shape index (κ3) is 5.45. The third-order valence-electron chi connectivity index (χ3n) is 4.54. The lowest BCUT2D eigenvalue weighted by molar-refractivity contribution is 0.566. The Morgan fingerprint density at radius 1 is 1.42 bits per heavy atom. The summed E-state index contributed by atoms with van der Waals surface area (Å²) in [6, 6.07) is 8.54. The number of anilines is 1. The molecule has 0 spiro atoms. The Morgan fingerprint density at radius 2 is 2.31 bits per heavy atom. The number of halogens is 1. The van der Waals surface area contributed by atoms with E-state index < -0.39 is 0 Å². The van der Waals surface area contributed by atoms with Gasteiger partial charge in [-0.05, 0) is 37.5 Å². The van der Waals surface area contributed by atoms with Crippen molar-refractivity contribution >= 4 is 38.9 Å². The number of rotatable bonds is 6. The number of thiazole rings is 1. The van der Waals surface area contributed by atoms with Crippen LogP contribution in [0, 0.1) is 12.8 Å². The lowest BCUT2D eigenvalue weighted by Crippen LogP contribution is -2.41. The monoisotopic (exact) mass is 435 g/mol. The van der Waals surface area contributed by atoms with E-state index in [4.69, 9.17) is 0 Å². The van der Waals surface area contributed by atoms with Gasteiger partial charge in [0, 0.05) is 60.9 Å². The molecule has 2 N–H and O–H groups in total. The fourth-order valence-corrected chi connectivity index (χ4v) is 4.35. The number of benzene rings is 1. The highest BCUT2D eigenvalue weighted by Gasteiger charge is 2.22. The predicted molar refractivity (Wildman–Crippen MR) is 114 cm³/mol. The molecule has 1 fully saturated rings. The molecule has 2 aromatic rings. The van der Waals surface area contributed by atoms with Gasteiger partial charge in [0.25, 0.3) is 0 Å². The molecule has 0 saturated carbocycles. The van der Waals surface area contributed by atoms with Crippen LogP contribution in [0.5, 0.6) is 0 Å². The van der Waals surface area contributed by atoms with E-state index in [0.29, 0.717) is 5.92 Å². The average Bonchev–Trinajstić information content (AvgIpc) is 3.27. The molecule has 0 aliphatic carbocycles. The molecular formula is C19H26BrN5S. The van der Waals surface area contributed by atoms with Crippen LogP contribution < -0.4 is 15.5 Å². The number of hydrogen-bond acceptors (Lipinski definition) is 4. The number of nitrogens with one attached hydrogen (secondary N) is 2. The highest BCUT2D eigenvalue weighted by molar-refractivity contribution is 9.10. The summed E-state index contributed by atoms with van der Waals surface area (Å²) < 4.78 is 1.14. The van der Waals surface area contributed by atoms with Crippen molar-refractivity contribution in [1.82, 2.24) is 15.6 Å². The van der Waals surface area contributed by atoms with E-state index >= 15 is 0 Å². The molecule has 7 heteroatoms. The van der Waals surface area contributed by atoms with Crippen LogP contribution in [0.25, 0.3) is 0 Å². The smallest absolute Gasteiger partial charge is 0.191 e. The second-order valence-electron chi connectivity index (χ2n) is 6.58. The van der Waals surface area contributed by atoms with Crippen LogP contribution in [-0.4, -0.2) is 44.2 Å². The van der Waals surface area contributed by atoms with Gasteiger partial charge in [0.1, 0.15) is 0 Å². The van der Waals surface area contributed by atoms with Gasteiger partial charge in [-0.15, -0.1) is 11.3 Å². The first-order valence-electron chi connectivity index (χ1n) is 9.00. The maximum absolute atomic E-state index is 4.40. The van der Waals surface area contributed by atoms with Gasteiger partial charge in [0.05, 0.1) is 5.01 Å². The zero-order valence-electron chi connectivity index (χ0n) is 15.3. The number of guanidine groups is 1. The molecule has 1 atom stereocenters. The third-order valence-corrected chi connectivity index (χ3v) is 6.01. The molecule has 1 unspecified atom stereocenters. The summed E-state index contributed by atoms with van der Waals surface area (Å²) in [5.41, 5.74) is 1.29. The van der Waals surface area contributed by atoms with Crippen LogP contribution in [0.1, 0.15) is 16.3 Å². The largest absolute Gasteiger partial charge is 0.371 e. The molecule has 1 saturated heterocycles. The second-order valence-corrected chi connectivity index (χ2v) is 8.81. The Kier molecular flexibility index (Phi) is 6.91. The molecule has 0 amide bonds. The average molecular weight is 436 g/mol. The van der Waals surface area contributed by atoms with Crippen LogP contribution in [0.15, 0.2) is 39.9 Å². The molecule has 1 aliphatic heterocycles. The van der Waals surface area contributed by atoms with Gasteiger partial charge in [-0.3, -0.25) is 4.99 Å². The normalized spacial score (nSPS) is 17.6. The summed E-state index contributed by atoms with van der Waals surface area (Å²) in [4.78, 5) is 12.5. The number of aryl methyl sites for hydroxylation is 1. The van der Waals surface area contributed by atoms with Gasteiger partial charge in [0.2, 0.25) is 0 Å². The first kappa shape index (κ1) is 19.2. The van der Waals surface area contributed by atoms with Gasteiger partial charge >= 0.3 is 0 Å². The van der Waals surface area contributed by atoms with Gasteiger partial charge in [-0.2, -0.15) is 0 Å². The zero-order chi connectivity index (χ0) is 18.4. The molecule has 5 nitrogen and oxygen atoms in total.